The highest BCUT2D eigenvalue weighted by Crippen LogP contribution is 2.41. The van der Waals surface area contributed by atoms with E-state index in [2.05, 4.69) is 11.1 Å². The first-order chi connectivity index (χ1) is 12.6. The molecule has 1 N–H and O–H groups in total. The van der Waals surface area contributed by atoms with Crippen molar-refractivity contribution in [3.63, 3.8) is 0 Å². The van der Waals surface area contributed by atoms with E-state index >= 15 is 0 Å². The Hall–Kier alpha value is -3.21. The van der Waals surface area contributed by atoms with Crippen LogP contribution < -0.4 is 14.2 Å². The Labute approximate surface area is 152 Å². The number of pyridine rings is 1. The molecule has 0 aliphatic rings. The molecular formula is C21H21NO4. The minimum atomic E-state index is 0.236. The molecule has 0 spiro atoms. The van der Waals surface area contributed by atoms with Crippen LogP contribution >= 0.6 is 0 Å². The zero-order valence-corrected chi connectivity index (χ0v) is 15.2. The second kappa shape index (κ2) is 7.35. The third kappa shape index (κ3) is 3.28. The van der Waals surface area contributed by atoms with Gasteiger partial charge in [-0.1, -0.05) is 12.1 Å². The minimum Gasteiger partial charge on any atom is -0.508 e. The van der Waals surface area contributed by atoms with Crippen molar-refractivity contribution in [3.8, 4) is 45.3 Å². The number of phenolic OH excluding ortho intramolecular Hbond substituents is 1. The SMILES string of the molecule is COc1cc(-c2cnc(C)c(-c3ccc(O)cc3)c2)cc(OC)c1OC. The van der Waals surface area contributed by atoms with Crippen LogP contribution in [0.4, 0.5) is 0 Å². The van der Waals surface area contributed by atoms with Crippen LogP contribution in [-0.4, -0.2) is 31.4 Å². The first-order valence-electron chi connectivity index (χ1n) is 8.13. The summed E-state index contributed by atoms with van der Waals surface area (Å²) in [7, 11) is 4.77. The fourth-order valence-electron chi connectivity index (χ4n) is 2.87. The fraction of sp³-hybridized carbons (Fsp3) is 0.190. The first kappa shape index (κ1) is 17.6. The zero-order valence-electron chi connectivity index (χ0n) is 15.2. The molecule has 0 saturated carbocycles. The summed E-state index contributed by atoms with van der Waals surface area (Å²) in [5.74, 6) is 1.97. The van der Waals surface area contributed by atoms with Crippen molar-refractivity contribution >= 4 is 0 Å². The summed E-state index contributed by atoms with van der Waals surface area (Å²) < 4.78 is 16.3. The van der Waals surface area contributed by atoms with Crippen molar-refractivity contribution in [2.45, 2.75) is 6.92 Å². The van der Waals surface area contributed by atoms with E-state index in [1.807, 2.05) is 37.4 Å². The van der Waals surface area contributed by atoms with Gasteiger partial charge >= 0.3 is 0 Å². The number of hydrogen-bond donors (Lipinski definition) is 1. The van der Waals surface area contributed by atoms with Crippen LogP contribution in [0.1, 0.15) is 5.69 Å². The third-order valence-electron chi connectivity index (χ3n) is 4.26. The maximum atomic E-state index is 9.51. The predicted octanol–water partition coefficient (Wildman–Crippen LogP) is 4.46. The van der Waals surface area contributed by atoms with E-state index in [0.29, 0.717) is 17.2 Å². The molecule has 0 amide bonds. The van der Waals surface area contributed by atoms with Gasteiger partial charge in [0.15, 0.2) is 11.5 Å². The second-order valence-corrected chi connectivity index (χ2v) is 5.82. The number of nitrogens with zero attached hydrogens (tertiary/aromatic N) is 1. The molecule has 0 aliphatic heterocycles. The number of phenols is 1. The molecule has 0 bridgehead atoms. The normalized spacial score (nSPS) is 10.5. The molecule has 2 aromatic carbocycles. The molecule has 3 aromatic rings. The predicted molar refractivity (Wildman–Crippen MR) is 101 cm³/mol. The van der Waals surface area contributed by atoms with Gasteiger partial charge in [0.05, 0.1) is 21.3 Å². The van der Waals surface area contributed by atoms with Gasteiger partial charge in [0.2, 0.25) is 5.75 Å². The van der Waals surface area contributed by atoms with Crippen LogP contribution in [0, 0.1) is 6.92 Å². The molecule has 3 rings (SSSR count). The highest BCUT2D eigenvalue weighted by atomic mass is 16.5. The molecule has 5 heteroatoms. The van der Waals surface area contributed by atoms with Crippen LogP contribution in [0.5, 0.6) is 23.0 Å². The Morgan fingerprint density at radius 1 is 0.769 bits per heavy atom. The van der Waals surface area contributed by atoms with Crippen molar-refractivity contribution in [1.29, 1.82) is 0 Å². The van der Waals surface area contributed by atoms with Crippen LogP contribution in [0.15, 0.2) is 48.7 Å². The quantitative estimate of drug-likeness (QED) is 0.735. The standard InChI is InChI=1S/C21H21NO4/c1-13-18(14-5-7-17(23)8-6-14)9-16(12-22-13)15-10-19(24-2)21(26-4)20(11-15)25-3/h5-12,23H,1-4H3. The van der Waals surface area contributed by atoms with E-state index in [1.54, 1.807) is 33.5 Å². The number of methoxy groups -OCH3 is 3. The number of aromatic nitrogens is 1. The average molecular weight is 351 g/mol. The number of ether oxygens (including phenoxy) is 3. The van der Waals surface area contributed by atoms with Gasteiger partial charge in [-0.05, 0) is 48.4 Å². The van der Waals surface area contributed by atoms with Gasteiger partial charge in [0.1, 0.15) is 5.75 Å². The van der Waals surface area contributed by atoms with Crippen molar-refractivity contribution in [1.82, 2.24) is 4.98 Å². The maximum Gasteiger partial charge on any atom is 0.203 e. The molecule has 0 saturated heterocycles. The summed E-state index contributed by atoms with van der Waals surface area (Å²) in [6.07, 6.45) is 1.82. The number of hydrogen-bond acceptors (Lipinski definition) is 5. The fourth-order valence-corrected chi connectivity index (χ4v) is 2.87. The molecule has 0 unspecified atom stereocenters. The third-order valence-corrected chi connectivity index (χ3v) is 4.26. The molecule has 0 radical (unpaired) electrons. The van der Waals surface area contributed by atoms with Crippen LogP contribution in [-0.2, 0) is 0 Å². The summed E-state index contributed by atoms with van der Waals surface area (Å²) in [4.78, 5) is 4.53. The summed E-state index contributed by atoms with van der Waals surface area (Å²) in [6, 6.07) is 12.9. The molecule has 26 heavy (non-hydrogen) atoms. The highest BCUT2D eigenvalue weighted by molar-refractivity contribution is 5.76. The van der Waals surface area contributed by atoms with Gasteiger partial charge in [-0.2, -0.15) is 0 Å². The van der Waals surface area contributed by atoms with Crippen LogP contribution in [0.25, 0.3) is 22.3 Å². The first-order valence-corrected chi connectivity index (χ1v) is 8.13. The number of rotatable bonds is 5. The number of benzene rings is 2. The lowest BCUT2D eigenvalue weighted by molar-refractivity contribution is 0.324. The Morgan fingerprint density at radius 2 is 1.38 bits per heavy atom. The lowest BCUT2D eigenvalue weighted by Gasteiger charge is -2.15. The van der Waals surface area contributed by atoms with Gasteiger partial charge in [0.25, 0.3) is 0 Å². The monoisotopic (exact) mass is 351 g/mol. The molecule has 0 atom stereocenters. The molecule has 0 aliphatic carbocycles. The molecule has 1 heterocycles. The molecule has 0 fully saturated rings. The summed E-state index contributed by atoms with van der Waals surface area (Å²) in [5, 5.41) is 9.51. The van der Waals surface area contributed by atoms with Crippen LogP contribution in [0.2, 0.25) is 0 Å². The highest BCUT2D eigenvalue weighted by Gasteiger charge is 2.15. The zero-order chi connectivity index (χ0) is 18.7. The summed E-state index contributed by atoms with van der Waals surface area (Å²) in [5.41, 5.74) is 4.73. The van der Waals surface area contributed by atoms with E-state index in [-0.39, 0.29) is 5.75 Å². The molecule has 1 aromatic heterocycles. The Bertz CT molecular complexity index is 895. The van der Waals surface area contributed by atoms with Gasteiger partial charge in [-0.25, -0.2) is 0 Å². The van der Waals surface area contributed by atoms with Crippen molar-refractivity contribution in [2.75, 3.05) is 21.3 Å². The lowest BCUT2D eigenvalue weighted by Crippen LogP contribution is -1.96. The van der Waals surface area contributed by atoms with Gasteiger partial charge < -0.3 is 19.3 Å². The van der Waals surface area contributed by atoms with E-state index in [9.17, 15) is 5.11 Å². The lowest BCUT2D eigenvalue weighted by atomic mass is 9.99. The van der Waals surface area contributed by atoms with E-state index in [4.69, 9.17) is 14.2 Å². The van der Waals surface area contributed by atoms with E-state index < -0.39 is 0 Å². The summed E-state index contributed by atoms with van der Waals surface area (Å²) in [6.45, 7) is 1.96. The number of aromatic hydroxyl groups is 1. The van der Waals surface area contributed by atoms with Crippen molar-refractivity contribution < 1.29 is 19.3 Å². The largest absolute Gasteiger partial charge is 0.508 e. The van der Waals surface area contributed by atoms with Crippen molar-refractivity contribution in [3.05, 3.63) is 54.4 Å². The van der Waals surface area contributed by atoms with Gasteiger partial charge in [-0.15, -0.1) is 0 Å². The van der Waals surface area contributed by atoms with Gasteiger partial charge in [0, 0.05) is 23.0 Å². The Morgan fingerprint density at radius 3 is 1.92 bits per heavy atom. The van der Waals surface area contributed by atoms with Gasteiger partial charge in [-0.3, -0.25) is 4.98 Å². The summed E-state index contributed by atoms with van der Waals surface area (Å²) >= 11 is 0. The van der Waals surface area contributed by atoms with E-state index in [0.717, 1.165) is 27.9 Å². The second-order valence-electron chi connectivity index (χ2n) is 5.82. The molecule has 134 valence electrons. The topological polar surface area (TPSA) is 60.8 Å². The maximum absolute atomic E-state index is 9.51. The minimum absolute atomic E-state index is 0.236. The van der Waals surface area contributed by atoms with Crippen LogP contribution in [0.3, 0.4) is 0 Å². The van der Waals surface area contributed by atoms with Crippen molar-refractivity contribution in [2.24, 2.45) is 0 Å². The Kier molecular flexibility index (Phi) is 4.98. The number of aryl methyl sites for hydroxylation is 1. The average Bonchev–Trinajstić information content (AvgIpc) is 2.68. The smallest absolute Gasteiger partial charge is 0.203 e. The molecule has 5 nitrogen and oxygen atoms in total. The Balaban J connectivity index is 2.13. The van der Waals surface area contributed by atoms with E-state index in [1.165, 1.54) is 0 Å². The molecular weight excluding hydrogens is 330 g/mol.